The summed E-state index contributed by atoms with van der Waals surface area (Å²) >= 11 is 1.66. The van der Waals surface area contributed by atoms with Crippen molar-refractivity contribution in [3.8, 4) is 0 Å². The predicted octanol–water partition coefficient (Wildman–Crippen LogP) is 2.07. The maximum Gasteiger partial charge on any atom is 0.349 e. The number of nitrogens with zero attached hydrogens (tertiary/aromatic N) is 6. The smallest absolute Gasteiger partial charge is 0.349 e. The minimum Gasteiger partial charge on any atom is -0.378 e. The monoisotopic (exact) mass is 411 g/mol. The number of fused-ring (bicyclic) bond motifs is 2. The number of benzene rings is 1. The van der Waals surface area contributed by atoms with Crippen LogP contribution in [0, 0.1) is 13.8 Å². The van der Waals surface area contributed by atoms with E-state index >= 15 is 0 Å². The van der Waals surface area contributed by atoms with Crippen molar-refractivity contribution in [2.75, 3.05) is 36.6 Å². The summed E-state index contributed by atoms with van der Waals surface area (Å²) in [6, 6.07) is 4.13. The molecule has 4 heterocycles. The van der Waals surface area contributed by atoms with E-state index in [1.54, 1.807) is 33.8 Å². The molecule has 1 aliphatic heterocycles. The number of hydrogen-bond acceptors (Lipinski definition) is 8. The van der Waals surface area contributed by atoms with Crippen LogP contribution in [0.1, 0.15) is 10.6 Å². The van der Waals surface area contributed by atoms with Crippen LogP contribution in [0.25, 0.3) is 21.4 Å². The van der Waals surface area contributed by atoms with Gasteiger partial charge >= 0.3 is 5.69 Å². The number of nitrogens with one attached hydrogen (secondary N) is 1. The highest BCUT2D eigenvalue weighted by molar-refractivity contribution is 7.18. The lowest BCUT2D eigenvalue weighted by atomic mass is 10.2. The lowest BCUT2D eigenvalue weighted by Crippen LogP contribution is -2.48. The Morgan fingerprint density at radius 1 is 1.17 bits per heavy atom. The fourth-order valence-corrected chi connectivity index (χ4v) is 4.46. The maximum absolute atomic E-state index is 12.8. The predicted molar refractivity (Wildman–Crippen MR) is 114 cm³/mol. The van der Waals surface area contributed by atoms with Crippen molar-refractivity contribution in [2.45, 2.75) is 13.8 Å². The van der Waals surface area contributed by atoms with E-state index in [4.69, 9.17) is 4.74 Å². The number of imidazole rings is 1. The van der Waals surface area contributed by atoms with Gasteiger partial charge in [0.1, 0.15) is 5.52 Å². The van der Waals surface area contributed by atoms with Gasteiger partial charge < -0.3 is 15.1 Å². The molecular formula is C19H21N7O2S. The van der Waals surface area contributed by atoms with E-state index in [2.05, 4.69) is 32.4 Å². The van der Waals surface area contributed by atoms with E-state index in [9.17, 15) is 4.79 Å². The third kappa shape index (κ3) is 3.04. The van der Waals surface area contributed by atoms with Gasteiger partial charge in [-0.05, 0) is 31.5 Å². The summed E-state index contributed by atoms with van der Waals surface area (Å²) in [5, 5.41) is 6.32. The van der Waals surface area contributed by atoms with Crippen molar-refractivity contribution >= 4 is 44.4 Å². The Hall–Kier alpha value is -2.98. The van der Waals surface area contributed by atoms with E-state index in [1.807, 2.05) is 18.9 Å². The average Bonchev–Trinajstić information content (AvgIpc) is 3.18. The van der Waals surface area contributed by atoms with Gasteiger partial charge in [-0.1, -0.05) is 0 Å². The minimum absolute atomic E-state index is 0.133. The molecule has 0 bridgehead atoms. The lowest BCUT2D eigenvalue weighted by molar-refractivity contribution is 0.111. The third-order valence-electron chi connectivity index (χ3n) is 5.14. The molecule has 1 saturated heterocycles. The topological polar surface area (TPSA) is 90.1 Å². The molecule has 4 aromatic rings. The highest BCUT2D eigenvalue weighted by Crippen LogP contribution is 2.29. The summed E-state index contributed by atoms with van der Waals surface area (Å²) in [6.07, 6.45) is 1.69. The average molecular weight is 411 g/mol. The summed E-state index contributed by atoms with van der Waals surface area (Å²) in [7, 11) is 1.74. The molecule has 0 radical (unpaired) electrons. The van der Waals surface area contributed by atoms with Crippen molar-refractivity contribution in [3.63, 3.8) is 0 Å². The van der Waals surface area contributed by atoms with Crippen molar-refractivity contribution in [1.82, 2.24) is 24.2 Å². The van der Waals surface area contributed by atoms with Crippen molar-refractivity contribution in [1.29, 1.82) is 0 Å². The summed E-state index contributed by atoms with van der Waals surface area (Å²) in [5.41, 5.74) is 4.13. The third-order valence-corrected chi connectivity index (χ3v) is 6.07. The highest BCUT2D eigenvalue weighted by atomic mass is 32.1. The van der Waals surface area contributed by atoms with Crippen LogP contribution in [0.5, 0.6) is 0 Å². The second kappa shape index (κ2) is 6.82. The molecular weight excluding hydrogens is 390 g/mol. The molecule has 5 rings (SSSR count). The number of thiazole rings is 1. The van der Waals surface area contributed by atoms with Crippen LogP contribution in [0.2, 0.25) is 0 Å². The van der Waals surface area contributed by atoms with Crippen molar-refractivity contribution in [2.24, 2.45) is 7.05 Å². The zero-order valence-corrected chi connectivity index (χ0v) is 17.3. The van der Waals surface area contributed by atoms with Gasteiger partial charge in [0.2, 0.25) is 5.95 Å². The zero-order chi connectivity index (χ0) is 20.1. The van der Waals surface area contributed by atoms with E-state index in [-0.39, 0.29) is 5.69 Å². The van der Waals surface area contributed by atoms with E-state index < -0.39 is 0 Å². The van der Waals surface area contributed by atoms with E-state index in [0.717, 1.165) is 26.5 Å². The number of aromatic nitrogens is 5. The summed E-state index contributed by atoms with van der Waals surface area (Å²) < 4.78 is 9.74. The van der Waals surface area contributed by atoms with Crippen LogP contribution in [0.4, 0.5) is 11.6 Å². The first kappa shape index (κ1) is 18.1. The Morgan fingerprint density at radius 3 is 2.76 bits per heavy atom. The van der Waals surface area contributed by atoms with Crippen LogP contribution < -0.4 is 16.0 Å². The number of rotatable bonds is 3. The van der Waals surface area contributed by atoms with Gasteiger partial charge in [-0.25, -0.2) is 14.8 Å². The van der Waals surface area contributed by atoms with Crippen LogP contribution in [-0.2, 0) is 11.8 Å². The Balaban J connectivity index is 1.57. The number of hydrogen-bond donors (Lipinski definition) is 1. The number of ether oxygens (including phenoxy) is 1. The SMILES string of the molecule is Cc1nc2cc(C)c(Nc3ncc4c(n3)n(N3CCOCC3)c(=O)n4C)cc2s1. The molecule has 150 valence electrons. The molecule has 1 aromatic carbocycles. The van der Waals surface area contributed by atoms with Crippen molar-refractivity contribution < 1.29 is 4.74 Å². The Labute approximate surface area is 170 Å². The van der Waals surface area contributed by atoms with Crippen LogP contribution >= 0.6 is 11.3 Å². The van der Waals surface area contributed by atoms with Crippen molar-refractivity contribution in [3.05, 3.63) is 39.4 Å². The fourth-order valence-electron chi connectivity index (χ4n) is 3.61. The molecule has 9 nitrogen and oxygen atoms in total. The Kier molecular flexibility index (Phi) is 4.25. The molecule has 10 heteroatoms. The van der Waals surface area contributed by atoms with Gasteiger partial charge in [0.25, 0.3) is 0 Å². The van der Waals surface area contributed by atoms with Gasteiger partial charge in [0, 0.05) is 12.7 Å². The zero-order valence-electron chi connectivity index (χ0n) is 16.5. The normalized spacial score (nSPS) is 14.8. The number of anilines is 2. The molecule has 0 spiro atoms. The molecule has 1 N–H and O–H groups in total. The fraction of sp³-hybridized carbons (Fsp3) is 0.368. The molecule has 1 aliphatic rings. The molecule has 0 aliphatic carbocycles. The largest absolute Gasteiger partial charge is 0.378 e. The Morgan fingerprint density at radius 2 is 1.97 bits per heavy atom. The highest BCUT2D eigenvalue weighted by Gasteiger charge is 2.20. The molecule has 0 atom stereocenters. The van der Waals surface area contributed by atoms with Gasteiger partial charge in [0.05, 0.1) is 47.7 Å². The first-order valence-corrected chi connectivity index (χ1v) is 10.2. The van der Waals surface area contributed by atoms with E-state index in [1.165, 1.54) is 0 Å². The van der Waals surface area contributed by atoms with Gasteiger partial charge in [-0.2, -0.15) is 9.66 Å². The van der Waals surface area contributed by atoms with E-state index in [0.29, 0.717) is 43.4 Å². The summed E-state index contributed by atoms with van der Waals surface area (Å²) in [5.74, 6) is 0.453. The molecule has 29 heavy (non-hydrogen) atoms. The molecule has 0 saturated carbocycles. The van der Waals surface area contributed by atoms with Crippen LogP contribution in [0.15, 0.2) is 23.1 Å². The lowest BCUT2D eigenvalue weighted by Gasteiger charge is -2.28. The summed E-state index contributed by atoms with van der Waals surface area (Å²) in [4.78, 5) is 26.5. The molecule has 1 fully saturated rings. The Bertz CT molecular complexity index is 1280. The number of morpholine rings is 1. The maximum atomic E-state index is 12.8. The molecule has 0 unspecified atom stereocenters. The second-order valence-electron chi connectivity index (χ2n) is 7.11. The van der Waals surface area contributed by atoms with Crippen LogP contribution in [-0.4, -0.2) is 50.5 Å². The molecule has 0 amide bonds. The molecule has 3 aromatic heterocycles. The first-order valence-electron chi connectivity index (χ1n) is 9.43. The van der Waals surface area contributed by atoms with Crippen LogP contribution in [0.3, 0.4) is 0 Å². The van der Waals surface area contributed by atoms with Gasteiger partial charge in [-0.15, -0.1) is 11.3 Å². The first-order chi connectivity index (χ1) is 14.0. The van der Waals surface area contributed by atoms with Gasteiger partial charge in [-0.3, -0.25) is 4.57 Å². The quantitative estimate of drug-likeness (QED) is 0.552. The van der Waals surface area contributed by atoms with Gasteiger partial charge in [0.15, 0.2) is 5.65 Å². The second-order valence-corrected chi connectivity index (χ2v) is 8.35. The standard InChI is InChI=1S/C19H21N7O2S/c1-11-8-14-16(29-12(2)21-14)9-13(11)22-18-20-10-15-17(23-18)26(19(27)24(15)3)25-4-6-28-7-5-25/h8-10H,4-7H2,1-3H3,(H,20,22,23). The summed E-state index contributed by atoms with van der Waals surface area (Å²) in [6.45, 7) is 6.50. The minimum atomic E-state index is -0.133. The number of aryl methyl sites for hydroxylation is 3.